The molecule has 10 nitrogen and oxygen atoms in total. The maximum absolute atomic E-state index is 12.7. The summed E-state index contributed by atoms with van der Waals surface area (Å²) in [6.45, 7) is 2.15. The van der Waals surface area contributed by atoms with Gasteiger partial charge in [-0.3, -0.25) is 4.79 Å². The van der Waals surface area contributed by atoms with Crippen LogP contribution in [0.25, 0.3) is 0 Å². The van der Waals surface area contributed by atoms with Crippen molar-refractivity contribution < 1.29 is 29.1 Å². The van der Waals surface area contributed by atoms with Crippen LogP contribution in [0.3, 0.4) is 0 Å². The molecular weight excluding hydrogens is 391 g/mol. The molecule has 2 aromatic rings. The summed E-state index contributed by atoms with van der Waals surface area (Å²) in [4.78, 5) is 33.0. The number of carbonyl (C=O) groups is 2. The van der Waals surface area contributed by atoms with Gasteiger partial charge in [-0.05, 0) is 30.9 Å². The van der Waals surface area contributed by atoms with Crippen molar-refractivity contribution in [2.75, 3.05) is 13.1 Å². The van der Waals surface area contributed by atoms with Gasteiger partial charge in [0.05, 0.1) is 25.1 Å². The molecule has 1 saturated heterocycles. The first-order valence-electron chi connectivity index (χ1n) is 9.76. The van der Waals surface area contributed by atoms with Crippen molar-refractivity contribution in [2.45, 2.75) is 36.7 Å². The van der Waals surface area contributed by atoms with Gasteiger partial charge in [0, 0.05) is 12.0 Å². The van der Waals surface area contributed by atoms with Crippen LogP contribution in [0.1, 0.15) is 40.9 Å². The topological polar surface area (TPSA) is 151 Å². The number of carbonyl (C=O) groups excluding carboxylic acids is 1. The van der Waals surface area contributed by atoms with Crippen molar-refractivity contribution in [3.8, 4) is 11.5 Å². The Morgan fingerprint density at radius 1 is 1.43 bits per heavy atom. The van der Waals surface area contributed by atoms with Crippen LogP contribution in [0.2, 0.25) is 5.82 Å². The lowest BCUT2D eigenvalue weighted by Crippen LogP contribution is -2.62. The van der Waals surface area contributed by atoms with E-state index >= 15 is 0 Å². The van der Waals surface area contributed by atoms with E-state index in [0.29, 0.717) is 5.69 Å². The lowest BCUT2D eigenvalue weighted by atomic mass is 9.77. The highest BCUT2D eigenvalue weighted by Crippen LogP contribution is 2.60. The Bertz CT molecular complexity index is 1020. The molecule has 0 radical (unpaired) electrons. The monoisotopic (exact) mass is 412 g/mol. The number of imidazole rings is 1. The number of fused-ring (bicyclic) bond motifs is 3. The van der Waals surface area contributed by atoms with Crippen molar-refractivity contribution in [3.05, 3.63) is 41.5 Å². The number of H-pyrrole nitrogens is 1. The molecule has 3 atom stereocenters. The smallest absolute Gasteiger partial charge is 0.526 e. The molecule has 1 aromatic carbocycles. The maximum Gasteiger partial charge on any atom is 0.526 e. The zero-order valence-corrected chi connectivity index (χ0v) is 16.2. The number of carboxylic acid groups (broad SMARTS) is 1. The van der Waals surface area contributed by atoms with E-state index in [0.717, 1.165) is 12.0 Å². The molecule has 2 fully saturated rings. The molecule has 3 aliphatic rings. The van der Waals surface area contributed by atoms with Crippen molar-refractivity contribution in [1.29, 1.82) is 0 Å². The largest absolute Gasteiger partial charge is 0.535 e. The van der Waals surface area contributed by atoms with Gasteiger partial charge in [-0.15, -0.1) is 0 Å². The molecule has 1 aliphatic carbocycles. The highest BCUT2D eigenvalue weighted by atomic mass is 16.5. The molecule has 5 rings (SSSR count). The third-order valence-corrected chi connectivity index (χ3v) is 6.11. The summed E-state index contributed by atoms with van der Waals surface area (Å²) in [7, 11) is -1.00. The molecule has 1 saturated carbocycles. The number of aromatic amines is 1. The number of nitrogens with two attached hydrogens (primary N) is 1. The van der Waals surface area contributed by atoms with Gasteiger partial charge in [0.25, 0.3) is 0 Å². The molecule has 156 valence electrons. The molecule has 0 bridgehead atoms. The quantitative estimate of drug-likeness (QED) is 0.512. The van der Waals surface area contributed by atoms with Gasteiger partial charge in [0.2, 0.25) is 5.91 Å². The highest BCUT2D eigenvalue weighted by molar-refractivity contribution is 6.48. The number of likely N-dealkylation sites (tertiary alicyclic amines) is 1. The fourth-order valence-corrected chi connectivity index (χ4v) is 4.24. The van der Waals surface area contributed by atoms with Gasteiger partial charge in [-0.1, -0.05) is 6.07 Å². The Balaban J connectivity index is 1.31. The zero-order valence-electron chi connectivity index (χ0n) is 16.2. The normalized spacial score (nSPS) is 24.1. The van der Waals surface area contributed by atoms with E-state index in [2.05, 4.69) is 9.97 Å². The van der Waals surface area contributed by atoms with Gasteiger partial charge in [0.1, 0.15) is 28.7 Å². The lowest BCUT2D eigenvalue weighted by molar-refractivity contribution is -0.145. The van der Waals surface area contributed by atoms with E-state index in [1.807, 2.05) is 0 Å². The van der Waals surface area contributed by atoms with Crippen LogP contribution in [0, 0.1) is 0 Å². The van der Waals surface area contributed by atoms with Gasteiger partial charge < -0.3 is 35.1 Å². The van der Waals surface area contributed by atoms with E-state index in [1.165, 1.54) is 6.33 Å². The molecule has 0 unspecified atom stereocenters. The number of nitrogens with one attached hydrogen (secondary N) is 1. The number of ether oxygens (including phenoxy) is 1. The second kappa shape index (κ2) is 6.48. The minimum Gasteiger partial charge on any atom is -0.535 e. The Morgan fingerprint density at radius 2 is 2.20 bits per heavy atom. The van der Waals surface area contributed by atoms with Crippen LogP contribution in [0.5, 0.6) is 11.5 Å². The van der Waals surface area contributed by atoms with Gasteiger partial charge >= 0.3 is 13.1 Å². The van der Waals surface area contributed by atoms with Gasteiger partial charge in [-0.2, -0.15) is 0 Å². The van der Waals surface area contributed by atoms with E-state index in [-0.39, 0.29) is 53.9 Å². The number of carboxylic acids is 1. The summed E-state index contributed by atoms with van der Waals surface area (Å²) in [5, 5.41) is 19.8. The molecule has 30 heavy (non-hydrogen) atoms. The summed E-state index contributed by atoms with van der Waals surface area (Å²) in [6.07, 6.45) is 3.45. The predicted molar refractivity (Wildman–Crippen MR) is 104 cm³/mol. The third kappa shape index (κ3) is 2.84. The number of amides is 1. The first-order valence-corrected chi connectivity index (χ1v) is 9.76. The van der Waals surface area contributed by atoms with Crippen LogP contribution in [0.15, 0.2) is 24.7 Å². The average Bonchev–Trinajstić information content (AvgIpc) is 3.28. The first kappa shape index (κ1) is 19.0. The molecule has 2 aliphatic heterocycles. The molecule has 3 heterocycles. The van der Waals surface area contributed by atoms with Crippen LogP contribution in [0.4, 0.5) is 0 Å². The number of rotatable bonds is 5. The minimum absolute atomic E-state index is 0.0252. The van der Waals surface area contributed by atoms with Crippen molar-refractivity contribution in [2.24, 2.45) is 5.73 Å². The van der Waals surface area contributed by atoms with Crippen LogP contribution in [-0.2, 0) is 10.3 Å². The number of aromatic carboxylic acids is 1. The molecular formula is C19H21BN4O6. The van der Waals surface area contributed by atoms with Crippen LogP contribution in [-0.4, -0.2) is 63.2 Å². The third-order valence-electron chi connectivity index (χ3n) is 6.11. The highest BCUT2D eigenvalue weighted by Gasteiger charge is 2.54. The van der Waals surface area contributed by atoms with E-state index in [1.54, 1.807) is 30.2 Å². The van der Waals surface area contributed by atoms with Crippen molar-refractivity contribution >= 4 is 19.0 Å². The molecule has 11 heteroatoms. The number of nitrogens with zero attached hydrogens (tertiary/aromatic N) is 2. The van der Waals surface area contributed by atoms with E-state index in [4.69, 9.17) is 15.1 Å². The Morgan fingerprint density at radius 3 is 2.87 bits per heavy atom. The summed E-state index contributed by atoms with van der Waals surface area (Å²) in [5.41, 5.74) is 6.04. The number of hydrogen-bond donors (Lipinski definition) is 4. The molecule has 5 N–H and O–H groups in total. The number of aromatic nitrogens is 2. The predicted octanol–water partition coefficient (Wildman–Crippen LogP) is 0.302. The molecule has 1 amide bonds. The van der Waals surface area contributed by atoms with Gasteiger partial charge in [0.15, 0.2) is 0 Å². The summed E-state index contributed by atoms with van der Waals surface area (Å²) >= 11 is 0. The summed E-state index contributed by atoms with van der Waals surface area (Å²) in [6, 6.07) is 3.42. The van der Waals surface area contributed by atoms with E-state index in [9.17, 15) is 19.7 Å². The Labute approximate surface area is 172 Å². The SMILES string of the molecule is C[C@](N)(C(=O)N1CC(Oc2ccc3c(c2C(=O)O)OB(O)[C@@H]2C[C@H]32)C1)c1c[nH]cn1. The zero-order chi connectivity index (χ0) is 21.2. The fraction of sp³-hybridized carbons (Fsp3) is 0.421. The second-order valence-corrected chi connectivity index (χ2v) is 8.28. The first-order chi connectivity index (χ1) is 14.3. The number of benzene rings is 1. The van der Waals surface area contributed by atoms with Crippen molar-refractivity contribution in [3.63, 3.8) is 0 Å². The minimum atomic E-state index is -1.27. The second-order valence-electron chi connectivity index (χ2n) is 8.28. The van der Waals surface area contributed by atoms with Gasteiger partial charge in [-0.25, -0.2) is 9.78 Å². The number of hydrogen-bond acceptors (Lipinski definition) is 7. The maximum atomic E-state index is 12.7. The Kier molecular flexibility index (Phi) is 4.09. The van der Waals surface area contributed by atoms with E-state index < -0.39 is 18.6 Å². The molecule has 1 aromatic heterocycles. The van der Waals surface area contributed by atoms with Crippen molar-refractivity contribution in [1.82, 2.24) is 14.9 Å². The van der Waals surface area contributed by atoms with Crippen LogP contribution >= 0.6 is 0 Å². The Hall–Kier alpha value is -3.05. The standard InChI is InChI=1S/C19H21BN4O6/c1-19(21,14-5-22-8-23-14)18(27)24-6-9(7-24)29-13-3-2-10-11-4-12(11)20(28)30-16(10)15(13)17(25)26/h2-3,5,8-9,11-12,28H,4,6-7,21H2,1H3,(H,22,23)(H,25,26)/t11-,12-,19-/m1/s1. The lowest BCUT2D eigenvalue weighted by Gasteiger charge is -2.42. The fourth-order valence-electron chi connectivity index (χ4n) is 4.24. The summed E-state index contributed by atoms with van der Waals surface area (Å²) < 4.78 is 11.4. The summed E-state index contributed by atoms with van der Waals surface area (Å²) in [5.74, 6) is -0.994. The van der Waals surface area contributed by atoms with Crippen LogP contribution < -0.4 is 15.1 Å². The average molecular weight is 412 g/mol. The molecule has 0 spiro atoms.